The van der Waals surface area contributed by atoms with Crippen LogP contribution in [-0.2, 0) is 14.3 Å². The molecule has 1 atom stereocenters. The number of carbonyl (C=O) groups excluding carboxylic acids is 3. The van der Waals surface area contributed by atoms with Crippen LogP contribution in [0.1, 0.15) is 29.6 Å². The van der Waals surface area contributed by atoms with E-state index in [0.717, 1.165) is 64.3 Å². The molecule has 1 aromatic carbocycles. The summed E-state index contributed by atoms with van der Waals surface area (Å²) in [4.78, 5) is 46.1. The summed E-state index contributed by atoms with van der Waals surface area (Å²) >= 11 is 0. The van der Waals surface area contributed by atoms with E-state index in [0.29, 0.717) is 17.8 Å². The third kappa shape index (κ3) is 4.73. The first-order valence-corrected chi connectivity index (χ1v) is 11.5. The van der Waals surface area contributed by atoms with Crippen molar-refractivity contribution in [1.29, 1.82) is 0 Å². The number of nitrogens with zero attached hydrogens (tertiary/aromatic N) is 4. The minimum absolute atomic E-state index is 0.0428. The van der Waals surface area contributed by atoms with Gasteiger partial charge >= 0.3 is 0 Å². The van der Waals surface area contributed by atoms with Crippen LogP contribution in [0.2, 0.25) is 0 Å². The van der Waals surface area contributed by atoms with Gasteiger partial charge in [-0.15, -0.1) is 0 Å². The highest BCUT2D eigenvalue weighted by Crippen LogP contribution is 2.40. The van der Waals surface area contributed by atoms with Gasteiger partial charge in [0.15, 0.2) is 0 Å². The third-order valence-electron chi connectivity index (χ3n) is 6.44. The molecule has 9 nitrogen and oxygen atoms in total. The SMILES string of the molecule is CN(C)C(=O)c1ccc2c(c1)N(CC(=O)NCCN1CCOCC1)C(=O)[C@@H]1CCCCN21. The fraction of sp³-hybridized carbons (Fsp3) is 0.609. The zero-order chi connectivity index (χ0) is 22.7. The number of hydrogen-bond donors (Lipinski definition) is 1. The van der Waals surface area contributed by atoms with Crippen molar-refractivity contribution in [1.82, 2.24) is 15.1 Å². The number of amides is 3. The molecule has 32 heavy (non-hydrogen) atoms. The van der Waals surface area contributed by atoms with E-state index >= 15 is 0 Å². The smallest absolute Gasteiger partial charge is 0.253 e. The molecule has 0 spiro atoms. The van der Waals surface area contributed by atoms with Gasteiger partial charge in [0, 0.05) is 52.4 Å². The second-order valence-corrected chi connectivity index (χ2v) is 8.84. The summed E-state index contributed by atoms with van der Waals surface area (Å²) in [6.07, 6.45) is 2.81. The second kappa shape index (κ2) is 9.87. The number of anilines is 2. The molecule has 9 heteroatoms. The van der Waals surface area contributed by atoms with Gasteiger partial charge in [-0.3, -0.25) is 24.2 Å². The highest BCUT2D eigenvalue weighted by molar-refractivity contribution is 6.09. The summed E-state index contributed by atoms with van der Waals surface area (Å²) in [7, 11) is 3.40. The van der Waals surface area contributed by atoms with Crippen molar-refractivity contribution in [3.8, 4) is 0 Å². The van der Waals surface area contributed by atoms with E-state index < -0.39 is 0 Å². The highest BCUT2D eigenvalue weighted by Gasteiger charge is 2.40. The summed E-state index contributed by atoms with van der Waals surface area (Å²) in [6, 6.07) is 5.23. The summed E-state index contributed by atoms with van der Waals surface area (Å²) in [5.41, 5.74) is 2.07. The van der Waals surface area contributed by atoms with Crippen molar-refractivity contribution in [2.45, 2.75) is 25.3 Å². The molecule has 1 N–H and O–H groups in total. The standard InChI is InChI=1S/C23H33N5O4/c1-25(2)22(30)17-6-7-18-20(15-17)28(23(31)19-5-3-4-9-27(18)19)16-21(29)24-8-10-26-11-13-32-14-12-26/h6-7,15,19H,3-5,8-14,16H2,1-2H3,(H,24,29)/t19-/m0/s1. The second-order valence-electron chi connectivity index (χ2n) is 8.84. The molecule has 0 unspecified atom stereocenters. The van der Waals surface area contributed by atoms with Crippen LogP contribution >= 0.6 is 0 Å². The molecule has 3 aliphatic heterocycles. The monoisotopic (exact) mass is 443 g/mol. The van der Waals surface area contributed by atoms with Gasteiger partial charge in [-0.1, -0.05) is 0 Å². The van der Waals surface area contributed by atoms with Gasteiger partial charge in [0.2, 0.25) is 11.8 Å². The van der Waals surface area contributed by atoms with Crippen LogP contribution in [0.5, 0.6) is 0 Å². The van der Waals surface area contributed by atoms with Crippen LogP contribution in [0, 0.1) is 0 Å². The fourth-order valence-corrected chi connectivity index (χ4v) is 4.69. The van der Waals surface area contributed by atoms with Crippen LogP contribution in [0.15, 0.2) is 18.2 Å². The van der Waals surface area contributed by atoms with Crippen LogP contribution in [0.25, 0.3) is 0 Å². The Bertz CT molecular complexity index is 868. The summed E-state index contributed by atoms with van der Waals surface area (Å²) in [6.45, 7) is 5.24. The number of fused-ring (bicyclic) bond motifs is 3. The van der Waals surface area contributed by atoms with Gasteiger partial charge in [-0.25, -0.2) is 0 Å². The van der Waals surface area contributed by atoms with E-state index in [1.54, 1.807) is 25.1 Å². The zero-order valence-corrected chi connectivity index (χ0v) is 19.0. The molecule has 3 aliphatic rings. The number of piperidine rings is 1. The Labute approximate surface area is 189 Å². The first-order chi connectivity index (χ1) is 15.5. The quantitative estimate of drug-likeness (QED) is 0.691. The number of nitrogens with one attached hydrogen (secondary N) is 1. The van der Waals surface area contributed by atoms with Gasteiger partial charge < -0.3 is 19.9 Å². The Morgan fingerprint density at radius 2 is 1.91 bits per heavy atom. The van der Waals surface area contributed by atoms with E-state index in [2.05, 4.69) is 15.1 Å². The predicted octanol–water partition coefficient (Wildman–Crippen LogP) is 0.542. The van der Waals surface area contributed by atoms with E-state index in [-0.39, 0.29) is 30.3 Å². The Morgan fingerprint density at radius 3 is 2.66 bits per heavy atom. The van der Waals surface area contributed by atoms with Crippen LogP contribution in [-0.4, -0.2) is 100 Å². The van der Waals surface area contributed by atoms with E-state index in [1.165, 1.54) is 4.90 Å². The Morgan fingerprint density at radius 1 is 1.12 bits per heavy atom. The maximum atomic E-state index is 13.4. The van der Waals surface area contributed by atoms with Crippen LogP contribution in [0.4, 0.5) is 11.4 Å². The fourth-order valence-electron chi connectivity index (χ4n) is 4.69. The van der Waals surface area contributed by atoms with Crippen molar-refractivity contribution < 1.29 is 19.1 Å². The van der Waals surface area contributed by atoms with E-state index in [4.69, 9.17) is 4.74 Å². The molecule has 0 bridgehead atoms. The van der Waals surface area contributed by atoms with Gasteiger partial charge in [0.25, 0.3) is 5.91 Å². The average molecular weight is 444 g/mol. The first kappa shape index (κ1) is 22.5. The molecule has 0 saturated carbocycles. The number of hydrogen-bond acceptors (Lipinski definition) is 6. The summed E-state index contributed by atoms with van der Waals surface area (Å²) < 4.78 is 5.35. The van der Waals surface area contributed by atoms with Crippen molar-refractivity contribution in [2.24, 2.45) is 0 Å². The number of ether oxygens (including phenoxy) is 1. The Hall–Kier alpha value is -2.65. The van der Waals surface area contributed by atoms with Gasteiger partial charge in [0.05, 0.1) is 24.6 Å². The van der Waals surface area contributed by atoms with Crippen molar-refractivity contribution in [3.63, 3.8) is 0 Å². The summed E-state index contributed by atoms with van der Waals surface area (Å²) in [5, 5.41) is 2.95. The number of morpholine rings is 1. The molecule has 1 aromatic rings. The van der Waals surface area contributed by atoms with Gasteiger partial charge in [-0.2, -0.15) is 0 Å². The molecule has 3 amide bonds. The minimum Gasteiger partial charge on any atom is -0.379 e. The Kier molecular flexibility index (Phi) is 6.95. The largest absolute Gasteiger partial charge is 0.379 e. The lowest BCUT2D eigenvalue weighted by atomic mass is 9.95. The molecular weight excluding hydrogens is 410 g/mol. The molecule has 0 aliphatic carbocycles. The number of carbonyl (C=O) groups is 3. The highest BCUT2D eigenvalue weighted by atomic mass is 16.5. The van der Waals surface area contributed by atoms with E-state index in [9.17, 15) is 14.4 Å². The molecular formula is C23H33N5O4. The van der Waals surface area contributed by atoms with Crippen molar-refractivity contribution in [3.05, 3.63) is 23.8 Å². The maximum absolute atomic E-state index is 13.4. The minimum atomic E-state index is -0.243. The number of rotatable bonds is 6. The van der Waals surface area contributed by atoms with E-state index in [1.807, 2.05) is 12.1 Å². The molecule has 2 saturated heterocycles. The Balaban J connectivity index is 1.51. The predicted molar refractivity (Wildman–Crippen MR) is 122 cm³/mol. The third-order valence-corrected chi connectivity index (χ3v) is 6.44. The lowest BCUT2D eigenvalue weighted by Crippen LogP contribution is -2.57. The number of benzene rings is 1. The lowest BCUT2D eigenvalue weighted by molar-refractivity contribution is -0.125. The normalized spacial score (nSPS) is 21.1. The van der Waals surface area contributed by atoms with Gasteiger partial charge in [0.1, 0.15) is 12.6 Å². The molecule has 174 valence electrons. The maximum Gasteiger partial charge on any atom is 0.253 e. The molecule has 2 fully saturated rings. The molecule has 4 rings (SSSR count). The van der Waals surface area contributed by atoms with Gasteiger partial charge in [-0.05, 0) is 37.5 Å². The van der Waals surface area contributed by atoms with Crippen molar-refractivity contribution >= 4 is 29.1 Å². The lowest BCUT2D eigenvalue weighted by Gasteiger charge is -2.45. The molecule has 0 radical (unpaired) electrons. The van der Waals surface area contributed by atoms with Crippen LogP contribution < -0.4 is 15.1 Å². The first-order valence-electron chi connectivity index (χ1n) is 11.5. The average Bonchev–Trinajstić information content (AvgIpc) is 2.81. The molecule has 3 heterocycles. The topological polar surface area (TPSA) is 85.4 Å². The van der Waals surface area contributed by atoms with Crippen molar-refractivity contribution in [2.75, 3.05) is 76.4 Å². The zero-order valence-electron chi connectivity index (χ0n) is 19.0. The summed E-state index contributed by atoms with van der Waals surface area (Å²) in [5.74, 6) is -0.378. The molecule has 0 aromatic heterocycles. The van der Waals surface area contributed by atoms with Crippen LogP contribution in [0.3, 0.4) is 0 Å².